The Balaban J connectivity index is 1.29. The van der Waals surface area contributed by atoms with Crippen molar-refractivity contribution in [3.05, 3.63) is 53.0 Å². The van der Waals surface area contributed by atoms with Crippen molar-refractivity contribution in [3.8, 4) is 0 Å². The first-order valence-electron chi connectivity index (χ1n) is 12.6. The number of hydrogen-bond donors (Lipinski definition) is 3. The van der Waals surface area contributed by atoms with Crippen molar-refractivity contribution < 1.29 is 14.3 Å². The first-order chi connectivity index (χ1) is 17.5. The molecule has 2 aromatic heterocycles. The fraction of sp³-hybridized carbons (Fsp3) is 0.462. The summed E-state index contributed by atoms with van der Waals surface area (Å²) in [6, 6.07) is 5.89. The summed E-state index contributed by atoms with van der Waals surface area (Å²) in [7, 11) is 0. The second-order valence-corrected chi connectivity index (χ2v) is 9.54. The van der Waals surface area contributed by atoms with E-state index >= 15 is 0 Å². The number of nitrogens with one attached hydrogen (secondary N) is 3. The lowest BCUT2D eigenvalue weighted by molar-refractivity contribution is 0.0374. The number of rotatable bonds is 9. The molecular weight excluding hydrogens is 458 g/mol. The molecule has 2 amide bonds. The quantitative estimate of drug-likeness (QED) is 0.394. The maximum absolute atomic E-state index is 13.0. The molecule has 1 saturated heterocycles. The van der Waals surface area contributed by atoms with Crippen LogP contribution in [0.5, 0.6) is 0 Å². The Morgan fingerprint density at radius 3 is 2.72 bits per heavy atom. The van der Waals surface area contributed by atoms with Crippen molar-refractivity contribution in [1.82, 2.24) is 30.1 Å². The van der Waals surface area contributed by atoms with Crippen LogP contribution in [0.2, 0.25) is 0 Å². The van der Waals surface area contributed by atoms with Crippen molar-refractivity contribution in [3.63, 3.8) is 0 Å². The number of aryl methyl sites for hydroxylation is 2. The molecule has 5 rings (SSSR count). The van der Waals surface area contributed by atoms with Gasteiger partial charge in [-0.3, -0.25) is 14.5 Å². The Morgan fingerprint density at radius 2 is 1.94 bits per heavy atom. The Bertz CT molecular complexity index is 1260. The predicted molar refractivity (Wildman–Crippen MR) is 137 cm³/mol. The average Bonchev–Trinajstić information content (AvgIpc) is 3.64. The summed E-state index contributed by atoms with van der Waals surface area (Å²) in [5, 5.41) is 13.7. The minimum absolute atomic E-state index is 0.0696. The maximum Gasteiger partial charge on any atom is 0.253 e. The third-order valence-electron chi connectivity index (χ3n) is 6.78. The van der Waals surface area contributed by atoms with Gasteiger partial charge in [-0.25, -0.2) is 9.50 Å². The molecule has 0 radical (unpaired) electrons. The summed E-state index contributed by atoms with van der Waals surface area (Å²) in [6.45, 7) is 8.86. The van der Waals surface area contributed by atoms with E-state index in [0.717, 1.165) is 74.4 Å². The van der Waals surface area contributed by atoms with Crippen molar-refractivity contribution in [2.75, 3.05) is 44.7 Å². The average molecular weight is 492 g/mol. The summed E-state index contributed by atoms with van der Waals surface area (Å²) in [6.07, 6.45) is 6.16. The molecule has 3 heterocycles. The van der Waals surface area contributed by atoms with Gasteiger partial charge in [0.2, 0.25) is 0 Å². The van der Waals surface area contributed by atoms with Gasteiger partial charge >= 0.3 is 0 Å². The largest absolute Gasteiger partial charge is 0.379 e. The normalized spacial score (nSPS) is 16.2. The van der Waals surface area contributed by atoms with E-state index in [2.05, 4.69) is 30.9 Å². The highest BCUT2D eigenvalue weighted by Gasteiger charge is 2.24. The Hall–Kier alpha value is -3.50. The van der Waals surface area contributed by atoms with Crippen LogP contribution < -0.4 is 16.0 Å². The summed E-state index contributed by atoms with van der Waals surface area (Å²) >= 11 is 0. The molecule has 36 heavy (non-hydrogen) atoms. The third-order valence-corrected chi connectivity index (χ3v) is 6.78. The maximum atomic E-state index is 13.0. The highest BCUT2D eigenvalue weighted by atomic mass is 16.5. The SMILES string of the molecule is Cc1ccc(C(=O)NC2CC2)cc1Nc1ncnn2cc(C(=O)NCCCN3CCOCC3)c(C)c12. The number of nitrogens with zero attached hydrogens (tertiary/aromatic N) is 4. The number of fused-ring (bicyclic) bond motifs is 1. The zero-order valence-electron chi connectivity index (χ0n) is 20.8. The lowest BCUT2D eigenvalue weighted by Crippen LogP contribution is -2.38. The van der Waals surface area contributed by atoms with E-state index in [1.807, 2.05) is 32.0 Å². The highest BCUT2D eigenvalue weighted by Crippen LogP contribution is 2.28. The molecule has 1 saturated carbocycles. The second-order valence-electron chi connectivity index (χ2n) is 9.54. The number of hydrogen-bond acceptors (Lipinski definition) is 7. The van der Waals surface area contributed by atoms with Crippen LogP contribution >= 0.6 is 0 Å². The van der Waals surface area contributed by atoms with Gasteiger partial charge in [-0.2, -0.15) is 5.10 Å². The molecule has 1 aromatic carbocycles. The van der Waals surface area contributed by atoms with Gasteiger partial charge in [-0.05, 0) is 62.9 Å². The molecule has 0 spiro atoms. The Labute approximate surface area is 210 Å². The minimum Gasteiger partial charge on any atom is -0.379 e. The molecule has 3 aromatic rings. The number of ether oxygens (including phenoxy) is 1. The topological polar surface area (TPSA) is 113 Å². The molecule has 10 heteroatoms. The van der Waals surface area contributed by atoms with E-state index in [4.69, 9.17) is 4.74 Å². The lowest BCUT2D eigenvalue weighted by atomic mass is 10.1. The first kappa shape index (κ1) is 24.2. The van der Waals surface area contributed by atoms with Crippen molar-refractivity contribution in [2.45, 2.75) is 39.2 Å². The molecule has 0 unspecified atom stereocenters. The van der Waals surface area contributed by atoms with Crippen LogP contribution in [0.3, 0.4) is 0 Å². The van der Waals surface area contributed by atoms with Crippen LogP contribution in [0.1, 0.15) is 51.1 Å². The van der Waals surface area contributed by atoms with Crippen molar-refractivity contribution in [1.29, 1.82) is 0 Å². The zero-order valence-corrected chi connectivity index (χ0v) is 20.8. The van der Waals surface area contributed by atoms with Gasteiger partial charge in [0.25, 0.3) is 11.8 Å². The van der Waals surface area contributed by atoms with Gasteiger partial charge in [-0.15, -0.1) is 0 Å². The van der Waals surface area contributed by atoms with Crippen LogP contribution in [-0.4, -0.2) is 76.7 Å². The third kappa shape index (κ3) is 5.50. The fourth-order valence-electron chi connectivity index (χ4n) is 4.43. The predicted octanol–water partition coefficient (Wildman–Crippen LogP) is 2.43. The van der Waals surface area contributed by atoms with Gasteiger partial charge < -0.3 is 20.7 Å². The van der Waals surface area contributed by atoms with Gasteiger partial charge in [0.05, 0.1) is 18.8 Å². The van der Waals surface area contributed by atoms with Gasteiger partial charge in [0.15, 0.2) is 5.82 Å². The van der Waals surface area contributed by atoms with Crippen LogP contribution in [0, 0.1) is 13.8 Å². The molecule has 190 valence electrons. The fourth-order valence-corrected chi connectivity index (χ4v) is 4.43. The molecule has 0 atom stereocenters. The summed E-state index contributed by atoms with van der Waals surface area (Å²) in [4.78, 5) is 32.3. The van der Waals surface area contributed by atoms with Gasteiger partial charge in [0.1, 0.15) is 11.8 Å². The second kappa shape index (κ2) is 10.6. The molecule has 1 aliphatic heterocycles. The zero-order chi connectivity index (χ0) is 25.1. The summed E-state index contributed by atoms with van der Waals surface area (Å²) in [5.41, 5.74) is 4.46. The van der Waals surface area contributed by atoms with Crippen molar-refractivity contribution >= 4 is 28.8 Å². The standard InChI is InChI=1S/C26H33N7O3/c1-17-4-5-19(25(34)30-20-6-7-20)14-22(17)31-24-23-18(2)21(15-33(23)29-16-28-24)26(35)27-8-3-9-32-10-12-36-13-11-32/h4-5,14-16,20H,3,6-13H2,1-2H3,(H,27,35)(H,30,34)(H,28,29,31). The number of benzene rings is 1. The number of amides is 2. The highest BCUT2D eigenvalue weighted by molar-refractivity contribution is 5.99. The van der Waals surface area contributed by atoms with Gasteiger partial charge in [0, 0.05) is 43.1 Å². The molecule has 0 bridgehead atoms. The number of aromatic nitrogens is 3. The first-order valence-corrected chi connectivity index (χ1v) is 12.6. The molecule has 10 nitrogen and oxygen atoms in total. The van der Waals surface area contributed by atoms with Crippen LogP contribution in [0.4, 0.5) is 11.5 Å². The number of anilines is 2. The lowest BCUT2D eigenvalue weighted by Gasteiger charge is -2.26. The van der Waals surface area contributed by atoms with E-state index in [-0.39, 0.29) is 11.8 Å². The summed E-state index contributed by atoms with van der Waals surface area (Å²) in [5.74, 6) is 0.386. The van der Waals surface area contributed by atoms with Gasteiger partial charge in [-0.1, -0.05) is 6.07 Å². The van der Waals surface area contributed by atoms with E-state index in [1.165, 1.54) is 6.33 Å². The van der Waals surface area contributed by atoms with E-state index in [0.29, 0.717) is 29.5 Å². The molecule has 2 aliphatic rings. The molecule has 3 N–H and O–H groups in total. The van der Waals surface area contributed by atoms with Crippen LogP contribution in [0.25, 0.3) is 5.52 Å². The van der Waals surface area contributed by atoms with E-state index in [1.54, 1.807) is 10.7 Å². The number of carbonyl (C=O) groups excluding carboxylic acids is 2. The molecule has 2 fully saturated rings. The monoisotopic (exact) mass is 491 g/mol. The molecule has 1 aliphatic carbocycles. The van der Waals surface area contributed by atoms with Crippen LogP contribution in [-0.2, 0) is 4.74 Å². The van der Waals surface area contributed by atoms with E-state index in [9.17, 15) is 9.59 Å². The summed E-state index contributed by atoms with van der Waals surface area (Å²) < 4.78 is 7.06. The van der Waals surface area contributed by atoms with E-state index < -0.39 is 0 Å². The Kier molecular flexibility index (Phi) is 7.15. The smallest absolute Gasteiger partial charge is 0.253 e. The van der Waals surface area contributed by atoms with Crippen LogP contribution in [0.15, 0.2) is 30.7 Å². The minimum atomic E-state index is -0.124. The number of carbonyl (C=O) groups is 2. The Morgan fingerprint density at radius 1 is 1.14 bits per heavy atom. The van der Waals surface area contributed by atoms with Crippen molar-refractivity contribution in [2.24, 2.45) is 0 Å². The molecular formula is C26H33N7O3. The number of morpholine rings is 1.